The quantitative estimate of drug-likeness (QED) is 0.423. The first-order valence-corrected chi connectivity index (χ1v) is 12.3. The zero-order valence-electron chi connectivity index (χ0n) is 19.9. The van der Waals surface area contributed by atoms with Crippen molar-refractivity contribution in [3.05, 3.63) is 24.3 Å². The lowest BCUT2D eigenvalue weighted by Gasteiger charge is -2.30. The van der Waals surface area contributed by atoms with E-state index in [0.717, 1.165) is 58.5 Å². The Morgan fingerprint density at radius 1 is 1.06 bits per heavy atom. The molecule has 1 heterocycles. The molecule has 1 fully saturated rings. The standard InChI is InChI=1S/C25H43N3O3/c1-4-7-14-19-30-24-16-11-10-15-23(24)26-25(29)31-22(20-27(5-2)6-3)21-28-17-12-8-9-13-18-28/h10-11,15-16,22H,4-9,12-14,17-21H2,1-3H3,(H,26,29). The van der Waals surface area contributed by atoms with Gasteiger partial charge in [0.2, 0.25) is 0 Å². The molecule has 0 aromatic heterocycles. The van der Waals surface area contributed by atoms with E-state index in [-0.39, 0.29) is 6.10 Å². The second-order valence-corrected chi connectivity index (χ2v) is 8.40. The Kier molecular flexibility index (Phi) is 12.4. The van der Waals surface area contributed by atoms with E-state index in [4.69, 9.17) is 9.47 Å². The fourth-order valence-electron chi connectivity index (χ4n) is 4.03. The van der Waals surface area contributed by atoms with Gasteiger partial charge in [-0.25, -0.2) is 4.79 Å². The summed E-state index contributed by atoms with van der Waals surface area (Å²) in [6.45, 7) is 12.8. The van der Waals surface area contributed by atoms with Gasteiger partial charge in [-0.2, -0.15) is 0 Å². The highest BCUT2D eigenvalue weighted by Crippen LogP contribution is 2.24. The number of benzene rings is 1. The van der Waals surface area contributed by atoms with Gasteiger partial charge in [0, 0.05) is 13.1 Å². The summed E-state index contributed by atoms with van der Waals surface area (Å²) in [5.74, 6) is 0.698. The molecule has 2 rings (SSSR count). The predicted molar refractivity (Wildman–Crippen MR) is 128 cm³/mol. The molecule has 0 radical (unpaired) electrons. The van der Waals surface area contributed by atoms with Crippen LogP contribution in [0.25, 0.3) is 0 Å². The van der Waals surface area contributed by atoms with Gasteiger partial charge in [-0.3, -0.25) is 10.2 Å². The third-order valence-electron chi connectivity index (χ3n) is 5.92. The van der Waals surface area contributed by atoms with Crippen LogP contribution in [0.4, 0.5) is 10.5 Å². The number of carbonyl (C=O) groups is 1. The SMILES string of the molecule is CCCCCOc1ccccc1NC(=O)OC(CN(CC)CC)CN1CCCCCC1. The number of amides is 1. The van der Waals surface area contributed by atoms with Crippen molar-refractivity contribution in [3.8, 4) is 5.75 Å². The number of hydrogen-bond donors (Lipinski definition) is 1. The first-order valence-electron chi connectivity index (χ1n) is 12.3. The number of rotatable bonds is 13. The zero-order valence-corrected chi connectivity index (χ0v) is 19.9. The lowest BCUT2D eigenvalue weighted by Crippen LogP contribution is -2.43. The summed E-state index contributed by atoms with van der Waals surface area (Å²) in [7, 11) is 0. The van der Waals surface area contributed by atoms with Crippen LogP contribution in [0.15, 0.2) is 24.3 Å². The van der Waals surface area contributed by atoms with E-state index >= 15 is 0 Å². The number of carbonyl (C=O) groups excluding carboxylic acids is 1. The minimum atomic E-state index is -0.406. The van der Waals surface area contributed by atoms with E-state index in [1.807, 2.05) is 24.3 Å². The second kappa shape index (κ2) is 15.1. The van der Waals surface area contributed by atoms with Gasteiger partial charge in [-0.1, -0.05) is 58.6 Å². The van der Waals surface area contributed by atoms with E-state index < -0.39 is 6.09 Å². The van der Waals surface area contributed by atoms with Gasteiger partial charge in [0.05, 0.1) is 12.3 Å². The molecular weight excluding hydrogens is 390 g/mol. The van der Waals surface area contributed by atoms with E-state index in [2.05, 4.69) is 35.9 Å². The number of likely N-dealkylation sites (N-methyl/N-ethyl adjacent to an activating group) is 1. The van der Waals surface area contributed by atoms with Crippen molar-refractivity contribution < 1.29 is 14.3 Å². The molecule has 31 heavy (non-hydrogen) atoms. The Morgan fingerprint density at radius 2 is 1.77 bits per heavy atom. The smallest absolute Gasteiger partial charge is 0.412 e. The van der Waals surface area contributed by atoms with E-state index in [1.54, 1.807) is 0 Å². The van der Waals surface area contributed by atoms with Crippen molar-refractivity contribution >= 4 is 11.8 Å². The number of ether oxygens (including phenoxy) is 2. The van der Waals surface area contributed by atoms with Gasteiger partial charge in [-0.05, 0) is 57.6 Å². The number of para-hydroxylation sites is 2. The monoisotopic (exact) mass is 433 g/mol. The van der Waals surface area contributed by atoms with Crippen molar-refractivity contribution in [2.45, 2.75) is 71.8 Å². The van der Waals surface area contributed by atoms with Crippen molar-refractivity contribution in [1.82, 2.24) is 9.80 Å². The summed E-state index contributed by atoms with van der Waals surface area (Å²) in [6, 6.07) is 7.59. The number of nitrogens with zero attached hydrogens (tertiary/aromatic N) is 2. The van der Waals surface area contributed by atoms with Crippen molar-refractivity contribution in [1.29, 1.82) is 0 Å². The summed E-state index contributed by atoms with van der Waals surface area (Å²) in [5, 5.41) is 2.92. The molecule has 1 unspecified atom stereocenters. The molecule has 0 bridgehead atoms. The molecule has 6 nitrogen and oxygen atoms in total. The Bertz CT molecular complexity index is 614. The van der Waals surface area contributed by atoms with Crippen LogP contribution in [0.3, 0.4) is 0 Å². The molecule has 0 saturated carbocycles. The number of hydrogen-bond acceptors (Lipinski definition) is 5. The molecule has 6 heteroatoms. The number of anilines is 1. The largest absolute Gasteiger partial charge is 0.491 e. The fourth-order valence-corrected chi connectivity index (χ4v) is 4.03. The van der Waals surface area contributed by atoms with Crippen LogP contribution in [0, 0.1) is 0 Å². The molecule has 1 aliphatic heterocycles. The molecule has 0 aliphatic carbocycles. The van der Waals surface area contributed by atoms with E-state index in [9.17, 15) is 4.79 Å². The average Bonchev–Trinajstić information content (AvgIpc) is 3.04. The molecule has 1 saturated heterocycles. The Morgan fingerprint density at radius 3 is 2.45 bits per heavy atom. The Labute approximate surface area is 189 Å². The fraction of sp³-hybridized carbons (Fsp3) is 0.720. The van der Waals surface area contributed by atoms with Crippen LogP contribution in [0.5, 0.6) is 5.75 Å². The van der Waals surface area contributed by atoms with Gasteiger partial charge < -0.3 is 14.4 Å². The van der Waals surface area contributed by atoms with Crippen LogP contribution in [0.2, 0.25) is 0 Å². The third-order valence-corrected chi connectivity index (χ3v) is 5.92. The summed E-state index contributed by atoms with van der Waals surface area (Å²) in [6.07, 6.45) is 7.80. The molecule has 176 valence electrons. The maximum atomic E-state index is 12.8. The lowest BCUT2D eigenvalue weighted by molar-refractivity contribution is 0.0558. The average molecular weight is 434 g/mol. The van der Waals surface area contributed by atoms with Crippen molar-refractivity contribution in [2.24, 2.45) is 0 Å². The molecule has 1 N–H and O–H groups in total. The highest BCUT2D eigenvalue weighted by molar-refractivity contribution is 5.86. The Hall–Kier alpha value is -1.79. The minimum Gasteiger partial charge on any atom is -0.491 e. The van der Waals surface area contributed by atoms with Gasteiger partial charge in [0.1, 0.15) is 11.9 Å². The maximum absolute atomic E-state index is 12.8. The molecule has 0 spiro atoms. The van der Waals surface area contributed by atoms with Gasteiger partial charge >= 0.3 is 6.09 Å². The normalized spacial score (nSPS) is 16.0. The second-order valence-electron chi connectivity index (χ2n) is 8.40. The van der Waals surface area contributed by atoms with E-state index in [0.29, 0.717) is 18.0 Å². The first-order chi connectivity index (χ1) is 15.2. The molecular formula is C25H43N3O3. The summed E-state index contributed by atoms with van der Waals surface area (Å²) < 4.78 is 11.8. The molecule has 1 aromatic rings. The highest BCUT2D eigenvalue weighted by Gasteiger charge is 2.22. The van der Waals surface area contributed by atoms with Crippen molar-refractivity contribution in [2.75, 3.05) is 51.2 Å². The van der Waals surface area contributed by atoms with Gasteiger partial charge in [0.25, 0.3) is 0 Å². The third kappa shape index (κ3) is 9.92. The molecule has 1 atom stereocenters. The van der Waals surface area contributed by atoms with Crippen molar-refractivity contribution in [3.63, 3.8) is 0 Å². The topological polar surface area (TPSA) is 54.0 Å². The van der Waals surface area contributed by atoms with Crippen LogP contribution in [0.1, 0.15) is 65.7 Å². The van der Waals surface area contributed by atoms with Crippen LogP contribution >= 0.6 is 0 Å². The Balaban J connectivity index is 1.97. The maximum Gasteiger partial charge on any atom is 0.412 e. The van der Waals surface area contributed by atoms with Crippen LogP contribution in [-0.4, -0.2) is 67.9 Å². The number of likely N-dealkylation sites (tertiary alicyclic amines) is 1. The highest BCUT2D eigenvalue weighted by atomic mass is 16.6. The first kappa shape index (κ1) is 25.5. The number of nitrogens with one attached hydrogen (secondary N) is 1. The zero-order chi connectivity index (χ0) is 22.3. The van der Waals surface area contributed by atoms with Gasteiger partial charge in [-0.15, -0.1) is 0 Å². The van der Waals surface area contributed by atoms with Crippen LogP contribution < -0.4 is 10.1 Å². The summed E-state index contributed by atoms with van der Waals surface area (Å²) >= 11 is 0. The molecule has 1 amide bonds. The van der Waals surface area contributed by atoms with Crippen LogP contribution in [-0.2, 0) is 4.74 Å². The summed E-state index contributed by atoms with van der Waals surface area (Å²) in [5.41, 5.74) is 0.667. The minimum absolute atomic E-state index is 0.157. The summed E-state index contributed by atoms with van der Waals surface area (Å²) in [4.78, 5) is 17.6. The number of unbranched alkanes of at least 4 members (excludes halogenated alkanes) is 2. The molecule has 1 aromatic carbocycles. The predicted octanol–water partition coefficient (Wildman–Crippen LogP) is 5.39. The molecule has 1 aliphatic rings. The lowest BCUT2D eigenvalue weighted by atomic mass is 10.2. The van der Waals surface area contributed by atoms with Gasteiger partial charge in [0.15, 0.2) is 0 Å². The van der Waals surface area contributed by atoms with E-state index in [1.165, 1.54) is 25.7 Å².